The molecule has 12 heteroatoms. The molecule has 7 rings (SSSR count). The Balaban J connectivity index is 0.000000225. The van der Waals surface area contributed by atoms with Crippen LogP contribution in [0.5, 0.6) is 11.5 Å². The molecule has 324 valence electrons. The molecular formula is C48H59Cl3N2O5S2. The third-order valence-corrected chi connectivity index (χ3v) is 14.1. The maximum atomic E-state index is 12.5. The fourth-order valence-corrected chi connectivity index (χ4v) is 10.6. The Morgan fingerprint density at radius 1 is 0.717 bits per heavy atom. The fourth-order valence-electron chi connectivity index (χ4n) is 7.67. The summed E-state index contributed by atoms with van der Waals surface area (Å²) in [5, 5.41) is 5.11. The predicted octanol–water partition coefficient (Wildman–Crippen LogP) is 12.6. The molecule has 0 bridgehead atoms. The van der Waals surface area contributed by atoms with E-state index < -0.39 is 5.60 Å². The summed E-state index contributed by atoms with van der Waals surface area (Å²) in [6.45, 7) is 11.2. The molecule has 0 spiro atoms. The van der Waals surface area contributed by atoms with E-state index in [9.17, 15) is 9.59 Å². The Morgan fingerprint density at radius 2 is 1.25 bits per heavy atom. The summed E-state index contributed by atoms with van der Waals surface area (Å²) < 4.78 is 16.7. The minimum absolute atomic E-state index is 0. The maximum absolute atomic E-state index is 12.5. The van der Waals surface area contributed by atoms with E-state index in [4.69, 9.17) is 37.4 Å². The van der Waals surface area contributed by atoms with Gasteiger partial charge < -0.3 is 24.4 Å². The van der Waals surface area contributed by atoms with Crippen LogP contribution in [0.2, 0.25) is 10.0 Å². The molecule has 60 heavy (non-hydrogen) atoms. The van der Waals surface area contributed by atoms with Crippen LogP contribution in [-0.2, 0) is 46.7 Å². The average molecular weight is 915 g/mol. The first-order valence-corrected chi connectivity index (χ1v) is 23.7. The molecule has 1 amide bonds. The number of ether oxygens (including phenoxy) is 3. The monoisotopic (exact) mass is 912 g/mol. The van der Waals surface area contributed by atoms with Crippen molar-refractivity contribution >= 4 is 71.2 Å². The summed E-state index contributed by atoms with van der Waals surface area (Å²) in [7, 11) is 0. The van der Waals surface area contributed by atoms with Gasteiger partial charge >= 0.3 is 12.1 Å². The van der Waals surface area contributed by atoms with Gasteiger partial charge in [0, 0.05) is 41.3 Å². The topological polar surface area (TPSA) is 77.1 Å². The number of hydrogen-bond donors (Lipinski definition) is 1. The number of esters is 1. The third kappa shape index (κ3) is 14.5. The first kappa shape index (κ1) is 48.0. The Labute approximate surface area is 381 Å². The van der Waals surface area contributed by atoms with Crippen molar-refractivity contribution in [1.82, 2.24) is 10.2 Å². The lowest BCUT2D eigenvalue weighted by atomic mass is 9.90. The third-order valence-electron chi connectivity index (χ3n) is 10.8. The number of benzene rings is 4. The van der Waals surface area contributed by atoms with Crippen molar-refractivity contribution in [3.8, 4) is 11.5 Å². The number of nitrogens with one attached hydrogen (secondary N) is 1. The Morgan fingerprint density at radius 3 is 1.83 bits per heavy atom. The molecule has 0 aromatic heterocycles. The maximum Gasteiger partial charge on any atom is 0.410 e. The number of carbonyl (C=O) groups is 2. The zero-order chi connectivity index (χ0) is 41.8. The highest BCUT2D eigenvalue weighted by Gasteiger charge is 2.26. The van der Waals surface area contributed by atoms with Crippen LogP contribution in [0, 0.1) is 5.92 Å². The zero-order valence-corrected chi connectivity index (χ0v) is 39.2. The van der Waals surface area contributed by atoms with Gasteiger partial charge in [0.2, 0.25) is 0 Å². The van der Waals surface area contributed by atoms with Crippen LogP contribution in [0.25, 0.3) is 0 Å². The normalized spacial score (nSPS) is 15.5. The summed E-state index contributed by atoms with van der Waals surface area (Å²) in [5.74, 6) is 3.63. The van der Waals surface area contributed by atoms with Crippen molar-refractivity contribution in [2.24, 2.45) is 5.92 Å². The first-order valence-electron chi connectivity index (χ1n) is 21.0. The second kappa shape index (κ2) is 23.4. The highest BCUT2D eigenvalue weighted by Crippen LogP contribution is 2.38. The van der Waals surface area contributed by atoms with Crippen LogP contribution in [-0.4, -0.2) is 55.3 Å². The molecule has 3 aliphatic rings. The van der Waals surface area contributed by atoms with Crippen molar-refractivity contribution in [1.29, 1.82) is 0 Å². The number of thioether (sulfide) groups is 2. The van der Waals surface area contributed by atoms with Gasteiger partial charge in [-0.15, -0.1) is 35.9 Å². The van der Waals surface area contributed by atoms with Gasteiger partial charge in [0.05, 0.1) is 16.7 Å². The summed E-state index contributed by atoms with van der Waals surface area (Å²) in [4.78, 5) is 27.7. The van der Waals surface area contributed by atoms with Gasteiger partial charge in [0.1, 0.15) is 17.1 Å². The second-order valence-electron chi connectivity index (χ2n) is 16.5. The molecule has 0 radical (unpaired) electrons. The number of amides is 1. The van der Waals surface area contributed by atoms with E-state index in [1.165, 1.54) is 71.7 Å². The average Bonchev–Trinajstić information content (AvgIpc) is 3.59. The largest absolute Gasteiger partial charge is 0.493 e. The molecule has 2 heterocycles. The van der Waals surface area contributed by atoms with E-state index in [1.807, 2.05) is 50.7 Å². The fraction of sp³-hybridized carbons (Fsp3) is 0.458. The quantitative estimate of drug-likeness (QED) is 0.0958. The van der Waals surface area contributed by atoms with E-state index in [-0.39, 0.29) is 24.5 Å². The molecule has 4 aromatic rings. The molecule has 1 saturated carbocycles. The number of nitrogens with zero attached hydrogens (tertiary/aromatic N) is 1. The van der Waals surface area contributed by atoms with Crippen LogP contribution >= 0.6 is 59.1 Å². The van der Waals surface area contributed by atoms with E-state index >= 15 is 0 Å². The van der Waals surface area contributed by atoms with Gasteiger partial charge in [-0.1, -0.05) is 78.9 Å². The smallest absolute Gasteiger partial charge is 0.410 e. The lowest BCUT2D eigenvalue weighted by Crippen LogP contribution is -2.38. The van der Waals surface area contributed by atoms with E-state index in [0.29, 0.717) is 18.8 Å². The van der Waals surface area contributed by atoms with Crippen LogP contribution < -0.4 is 14.8 Å². The molecular weight excluding hydrogens is 855 g/mol. The van der Waals surface area contributed by atoms with Crippen molar-refractivity contribution in [2.45, 2.75) is 112 Å². The van der Waals surface area contributed by atoms with Gasteiger partial charge in [-0.3, -0.25) is 4.79 Å². The lowest BCUT2D eigenvalue weighted by molar-refractivity contribution is -0.131. The van der Waals surface area contributed by atoms with Crippen molar-refractivity contribution in [3.63, 3.8) is 0 Å². The van der Waals surface area contributed by atoms with Crippen molar-refractivity contribution < 1.29 is 23.8 Å². The molecule has 0 saturated heterocycles. The van der Waals surface area contributed by atoms with Gasteiger partial charge in [0.25, 0.3) is 0 Å². The molecule has 0 unspecified atom stereocenters. The summed E-state index contributed by atoms with van der Waals surface area (Å²) in [6, 6.07) is 24.4. The second-order valence-corrected chi connectivity index (χ2v) is 19.3. The zero-order valence-electron chi connectivity index (χ0n) is 35.3. The summed E-state index contributed by atoms with van der Waals surface area (Å²) in [6.07, 6.45) is 10.2. The number of fused-ring (bicyclic) bond motifs is 2. The Kier molecular flexibility index (Phi) is 18.7. The van der Waals surface area contributed by atoms with Crippen LogP contribution in [0.15, 0.2) is 82.6 Å². The van der Waals surface area contributed by atoms with E-state index in [0.717, 1.165) is 89.1 Å². The number of hydrogen-bond acceptors (Lipinski definition) is 8. The number of rotatable bonds is 10. The lowest BCUT2D eigenvalue weighted by Gasteiger charge is -2.26. The predicted molar refractivity (Wildman–Crippen MR) is 251 cm³/mol. The van der Waals surface area contributed by atoms with Gasteiger partial charge in [-0.2, -0.15) is 0 Å². The molecule has 0 atom stereocenters. The van der Waals surface area contributed by atoms with Crippen LogP contribution in [0.1, 0.15) is 93.2 Å². The van der Waals surface area contributed by atoms with E-state index in [1.54, 1.807) is 28.8 Å². The molecule has 4 aromatic carbocycles. The van der Waals surface area contributed by atoms with Crippen molar-refractivity contribution in [2.75, 3.05) is 32.8 Å². The summed E-state index contributed by atoms with van der Waals surface area (Å²) in [5.41, 5.74) is 7.24. The molecule has 7 nitrogen and oxygen atoms in total. The minimum Gasteiger partial charge on any atom is -0.493 e. The molecule has 1 N–H and O–H groups in total. The number of halogens is 3. The Hall–Kier alpha value is -3.05. The number of carbonyl (C=O) groups excluding carboxylic acids is 2. The van der Waals surface area contributed by atoms with Gasteiger partial charge in [-0.05, 0) is 148 Å². The molecule has 1 fully saturated rings. The minimum atomic E-state index is -0.508. The van der Waals surface area contributed by atoms with Gasteiger partial charge in [-0.25, -0.2) is 4.79 Å². The standard InChI is InChI=1S/C24H28ClNO4S.C24H30ClNOS.ClH/c1-16(27)29-19-8-5-17(6-9-19)15-31-22-20-12-14-26(23(28)30-24(2,3)4)13-11-18(20)7-10-21(22)25;25-23-11-8-20-12-14-26-15-13-22(20)24(23)28-17-19-6-9-21(10-7-19)27-16-18-4-2-1-3-5-18;/h5-10H,11-15H2,1-4H3;6-11,18,26H,1-5,12-17H2;1H. The van der Waals surface area contributed by atoms with Crippen LogP contribution in [0.4, 0.5) is 4.79 Å². The van der Waals surface area contributed by atoms with E-state index in [2.05, 4.69) is 47.8 Å². The van der Waals surface area contributed by atoms with Crippen molar-refractivity contribution in [3.05, 3.63) is 116 Å². The SMILES string of the molecule is CC(=O)Oc1ccc(CSc2c(Cl)ccc3c2CCN(C(=O)OC(C)(C)C)CC3)cc1.Cl.Clc1ccc2c(c1SCc1ccc(OCC3CCCCC3)cc1)CCNCC2. The summed E-state index contributed by atoms with van der Waals surface area (Å²) >= 11 is 16.7. The van der Waals surface area contributed by atoms with Gasteiger partial charge in [0.15, 0.2) is 0 Å². The molecule has 1 aliphatic carbocycles. The highest BCUT2D eigenvalue weighted by molar-refractivity contribution is 7.99. The van der Waals surface area contributed by atoms with Crippen LogP contribution in [0.3, 0.4) is 0 Å². The molecule has 2 aliphatic heterocycles. The Bertz CT molecular complexity index is 2020. The highest BCUT2D eigenvalue weighted by atomic mass is 35.5. The first-order chi connectivity index (χ1) is 28.4.